The van der Waals surface area contributed by atoms with E-state index in [0.717, 1.165) is 30.9 Å². The van der Waals surface area contributed by atoms with Crippen LogP contribution in [0.25, 0.3) is 0 Å². The number of benzene rings is 1. The van der Waals surface area contributed by atoms with Crippen LogP contribution in [0.3, 0.4) is 0 Å². The third-order valence-corrected chi connectivity index (χ3v) is 3.18. The van der Waals surface area contributed by atoms with Gasteiger partial charge in [-0.3, -0.25) is 4.79 Å². The van der Waals surface area contributed by atoms with Gasteiger partial charge in [0.05, 0.1) is 0 Å². The third-order valence-electron chi connectivity index (χ3n) is 3.18. The fraction of sp³-hybridized carbons (Fsp3) is 0.462. The van der Waals surface area contributed by atoms with Crippen molar-refractivity contribution in [3.63, 3.8) is 0 Å². The van der Waals surface area contributed by atoms with E-state index >= 15 is 0 Å². The first-order valence-electron chi connectivity index (χ1n) is 6.00. The van der Waals surface area contributed by atoms with E-state index in [1.54, 1.807) is 6.92 Å². The fourth-order valence-electron chi connectivity index (χ4n) is 2.12. The number of rotatable bonds is 3. The predicted molar refractivity (Wildman–Crippen MR) is 69.5 cm³/mol. The molecule has 0 radical (unpaired) electrons. The summed E-state index contributed by atoms with van der Waals surface area (Å²) in [6.07, 6.45) is 0. The highest BCUT2D eigenvalue weighted by molar-refractivity contribution is 5.94. The third kappa shape index (κ3) is 2.84. The molecule has 0 bridgehead atoms. The molecular weight excluding hydrogens is 214 g/mol. The summed E-state index contributed by atoms with van der Waals surface area (Å²) in [7, 11) is 0. The molecule has 1 saturated heterocycles. The molecule has 17 heavy (non-hydrogen) atoms. The molecule has 1 aromatic rings. The Labute approximate surface area is 102 Å². The Morgan fingerprint density at radius 2 is 2.18 bits per heavy atom. The van der Waals surface area contributed by atoms with E-state index in [1.165, 1.54) is 0 Å². The predicted octanol–water partition coefficient (Wildman–Crippen LogP) is 0.626. The van der Waals surface area contributed by atoms with Gasteiger partial charge in [-0.1, -0.05) is 0 Å². The second-order valence-corrected chi connectivity index (χ2v) is 4.44. The highest BCUT2D eigenvalue weighted by Crippen LogP contribution is 2.17. The summed E-state index contributed by atoms with van der Waals surface area (Å²) >= 11 is 0. The van der Waals surface area contributed by atoms with Gasteiger partial charge in [-0.05, 0) is 31.2 Å². The van der Waals surface area contributed by atoms with Crippen LogP contribution in [0.4, 0.5) is 5.69 Å². The number of carbonyl (C=O) groups excluding carboxylic acids is 1. The normalized spacial score (nSPS) is 20.4. The lowest BCUT2D eigenvalue weighted by Crippen LogP contribution is -2.53. The molecule has 4 nitrogen and oxygen atoms in total. The van der Waals surface area contributed by atoms with Gasteiger partial charge in [0.2, 0.25) is 0 Å². The zero-order valence-corrected chi connectivity index (χ0v) is 10.1. The van der Waals surface area contributed by atoms with Gasteiger partial charge in [0.15, 0.2) is 5.78 Å². The number of nitrogens with zero attached hydrogens (tertiary/aromatic N) is 1. The van der Waals surface area contributed by atoms with Crippen molar-refractivity contribution < 1.29 is 4.79 Å². The molecule has 1 heterocycles. The number of hydrogen-bond acceptors (Lipinski definition) is 4. The molecule has 2 rings (SSSR count). The second kappa shape index (κ2) is 5.29. The Hall–Kier alpha value is -1.39. The van der Waals surface area contributed by atoms with Gasteiger partial charge in [-0.25, -0.2) is 0 Å². The Balaban J connectivity index is 2.08. The van der Waals surface area contributed by atoms with Crippen molar-refractivity contribution in [2.24, 2.45) is 5.73 Å². The topological polar surface area (TPSA) is 58.4 Å². The molecule has 92 valence electrons. The van der Waals surface area contributed by atoms with Crippen molar-refractivity contribution in [1.82, 2.24) is 5.32 Å². The summed E-state index contributed by atoms with van der Waals surface area (Å²) in [5, 5.41) is 3.38. The van der Waals surface area contributed by atoms with Crippen molar-refractivity contribution in [1.29, 1.82) is 0 Å². The van der Waals surface area contributed by atoms with Crippen LogP contribution in [0.1, 0.15) is 17.3 Å². The summed E-state index contributed by atoms with van der Waals surface area (Å²) < 4.78 is 0. The summed E-state index contributed by atoms with van der Waals surface area (Å²) in [5.74, 6) is 0.108. The molecule has 3 N–H and O–H groups in total. The van der Waals surface area contributed by atoms with E-state index in [9.17, 15) is 4.79 Å². The van der Waals surface area contributed by atoms with Gasteiger partial charge in [-0.15, -0.1) is 0 Å². The first kappa shape index (κ1) is 12.1. The molecule has 0 spiro atoms. The summed E-state index contributed by atoms with van der Waals surface area (Å²) in [6, 6.07) is 8.15. The summed E-state index contributed by atoms with van der Waals surface area (Å²) in [6.45, 7) is 5.11. The number of anilines is 1. The van der Waals surface area contributed by atoms with Crippen molar-refractivity contribution in [3.8, 4) is 0 Å². The Bertz CT molecular complexity index is 388. The molecule has 1 unspecified atom stereocenters. The molecule has 1 aromatic carbocycles. The molecule has 1 atom stereocenters. The Morgan fingerprint density at radius 1 is 1.47 bits per heavy atom. The SMILES string of the molecule is CC(=O)c1ccc(N2CCNC(CN)C2)cc1. The minimum Gasteiger partial charge on any atom is -0.369 e. The van der Waals surface area contributed by atoms with E-state index in [0.29, 0.717) is 12.6 Å². The van der Waals surface area contributed by atoms with E-state index in [1.807, 2.05) is 24.3 Å². The number of hydrogen-bond donors (Lipinski definition) is 2. The summed E-state index contributed by atoms with van der Waals surface area (Å²) in [5.41, 5.74) is 7.60. The Morgan fingerprint density at radius 3 is 2.76 bits per heavy atom. The van der Waals surface area contributed by atoms with Crippen molar-refractivity contribution in [2.45, 2.75) is 13.0 Å². The first-order chi connectivity index (χ1) is 8.20. The number of Topliss-reactive ketones (excluding diaryl/α,β-unsaturated/α-hetero) is 1. The monoisotopic (exact) mass is 233 g/mol. The van der Waals surface area contributed by atoms with E-state index in [4.69, 9.17) is 5.73 Å². The lowest BCUT2D eigenvalue weighted by atomic mass is 10.1. The maximum absolute atomic E-state index is 11.2. The first-order valence-corrected chi connectivity index (χ1v) is 6.00. The summed E-state index contributed by atoms with van der Waals surface area (Å²) in [4.78, 5) is 13.5. The molecule has 0 aromatic heterocycles. The highest BCUT2D eigenvalue weighted by Gasteiger charge is 2.18. The van der Waals surface area contributed by atoms with Gasteiger partial charge in [0.25, 0.3) is 0 Å². The molecule has 0 aliphatic carbocycles. The van der Waals surface area contributed by atoms with Crippen molar-refractivity contribution >= 4 is 11.5 Å². The van der Waals surface area contributed by atoms with Gasteiger partial charge < -0.3 is 16.0 Å². The van der Waals surface area contributed by atoms with Crippen LogP contribution in [0, 0.1) is 0 Å². The van der Waals surface area contributed by atoms with Crippen LogP contribution in [0.5, 0.6) is 0 Å². The molecule has 0 saturated carbocycles. The van der Waals surface area contributed by atoms with Crippen LogP contribution >= 0.6 is 0 Å². The van der Waals surface area contributed by atoms with Crippen LogP contribution in [-0.4, -0.2) is 38.0 Å². The minimum atomic E-state index is 0.108. The number of ketones is 1. The number of piperazine rings is 1. The zero-order valence-electron chi connectivity index (χ0n) is 10.1. The highest BCUT2D eigenvalue weighted by atomic mass is 16.1. The lowest BCUT2D eigenvalue weighted by Gasteiger charge is -2.34. The van der Waals surface area contributed by atoms with E-state index < -0.39 is 0 Å². The molecule has 1 fully saturated rings. The van der Waals surface area contributed by atoms with E-state index in [-0.39, 0.29) is 5.78 Å². The molecule has 1 aliphatic rings. The molecular formula is C13H19N3O. The van der Waals surface area contributed by atoms with Gasteiger partial charge in [-0.2, -0.15) is 0 Å². The maximum Gasteiger partial charge on any atom is 0.159 e. The van der Waals surface area contributed by atoms with Crippen molar-refractivity contribution in [2.75, 3.05) is 31.1 Å². The zero-order chi connectivity index (χ0) is 12.3. The number of nitrogens with one attached hydrogen (secondary N) is 1. The molecule has 4 heteroatoms. The van der Waals surface area contributed by atoms with Crippen LogP contribution in [-0.2, 0) is 0 Å². The van der Waals surface area contributed by atoms with Crippen molar-refractivity contribution in [3.05, 3.63) is 29.8 Å². The van der Waals surface area contributed by atoms with Gasteiger partial charge in [0.1, 0.15) is 0 Å². The van der Waals surface area contributed by atoms with Crippen LogP contribution in [0.2, 0.25) is 0 Å². The number of nitrogens with two attached hydrogens (primary N) is 1. The number of carbonyl (C=O) groups is 1. The second-order valence-electron chi connectivity index (χ2n) is 4.44. The minimum absolute atomic E-state index is 0.108. The average Bonchev–Trinajstić information content (AvgIpc) is 2.39. The molecule has 1 aliphatic heterocycles. The van der Waals surface area contributed by atoms with Gasteiger partial charge in [0, 0.05) is 43.5 Å². The average molecular weight is 233 g/mol. The van der Waals surface area contributed by atoms with Crippen LogP contribution in [0.15, 0.2) is 24.3 Å². The quantitative estimate of drug-likeness (QED) is 0.752. The lowest BCUT2D eigenvalue weighted by molar-refractivity contribution is 0.101. The largest absolute Gasteiger partial charge is 0.369 e. The maximum atomic E-state index is 11.2. The smallest absolute Gasteiger partial charge is 0.159 e. The fourth-order valence-corrected chi connectivity index (χ4v) is 2.12. The Kier molecular flexibility index (Phi) is 3.76. The standard InChI is InChI=1S/C13H19N3O/c1-10(17)11-2-4-13(5-3-11)16-7-6-15-12(8-14)9-16/h2-5,12,15H,6-9,14H2,1H3. The molecule has 0 amide bonds. The van der Waals surface area contributed by atoms with E-state index in [2.05, 4.69) is 10.2 Å². The van der Waals surface area contributed by atoms with Crippen LogP contribution < -0.4 is 16.0 Å². The van der Waals surface area contributed by atoms with Gasteiger partial charge >= 0.3 is 0 Å².